The monoisotopic (exact) mass is 177 g/mol. The van der Waals surface area contributed by atoms with E-state index in [4.69, 9.17) is 0 Å². The minimum atomic E-state index is 0.139. The van der Waals surface area contributed by atoms with Gasteiger partial charge >= 0.3 is 0 Å². The minimum Gasteiger partial charge on any atom is -0.507 e. The van der Waals surface area contributed by atoms with Gasteiger partial charge in [-0.05, 0) is 25.0 Å². The van der Waals surface area contributed by atoms with Crippen molar-refractivity contribution in [3.63, 3.8) is 0 Å². The maximum Gasteiger partial charge on any atom is 0.153 e. The zero-order valence-electron chi connectivity index (χ0n) is 7.21. The molecule has 3 heteroatoms. The second kappa shape index (κ2) is 3.09. The highest BCUT2D eigenvalue weighted by atomic mass is 16.3. The van der Waals surface area contributed by atoms with E-state index in [1.807, 2.05) is 6.07 Å². The Morgan fingerprint density at radius 1 is 1.46 bits per heavy atom. The van der Waals surface area contributed by atoms with Crippen LogP contribution in [0.15, 0.2) is 12.1 Å². The second-order valence-electron chi connectivity index (χ2n) is 3.18. The number of anilines is 1. The Bertz CT molecular complexity index is 347. The normalized spacial score (nSPS) is 14.5. The number of hydrogen-bond acceptors (Lipinski definition) is 3. The third-order valence-corrected chi connectivity index (χ3v) is 2.36. The van der Waals surface area contributed by atoms with Gasteiger partial charge in [0.05, 0.1) is 5.56 Å². The average molecular weight is 177 g/mol. The average Bonchev–Trinajstić information content (AvgIpc) is 2.19. The van der Waals surface area contributed by atoms with Crippen LogP contribution >= 0.6 is 0 Å². The molecule has 1 aromatic rings. The van der Waals surface area contributed by atoms with Gasteiger partial charge in [0.1, 0.15) is 5.75 Å². The van der Waals surface area contributed by atoms with Crippen LogP contribution < -0.4 is 5.32 Å². The van der Waals surface area contributed by atoms with E-state index in [-0.39, 0.29) is 5.75 Å². The number of fused-ring (bicyclic) bond motifs is 1. The van der Waals surface area contributed by atoms with E-state index in [1.54, 1.807) is 6.07 Å². The molecule has 2 rings (SSSR count). The SMILES string of the molecule is O=Cc1ccc2c(c1O)CCCN2. The Kier molecular flexibility index (Phi) is 1.93. The molecule has 1 aromatic carbocycles. The van der Waals surface area contributed by atoms with E-state index in [1.165, 1.54) is 0 Å². The summed E-state index contributed by atoms with van der Waals surface area (Å²) in [5, 5.41) is 12.8. The van der Waals surface area contributed by atoms with Gasteiger partial charge in [-0.3, -0.25) is 4.79 Å². The molecule has 2 N–H and O–H groups in total. The Labute approximate surface area is 76.4 Å². The number of carbonyl (C=O) groups is 1. The number of benzene rings is 1. The molecule has 0 aliphatic carbocycles. The predicted molar refractivity (Wildman–Crippen MR) is 50.3 cm³/mol. The standard InChI is InChI=1S/C10H11NO2/c12-6-7-3-4-9-8(10(7)13)2-1-5-11-9/h3-4,6,11,13H,1-2,5H2. The quantitative estimate of drug-likeness (QED) is 0.640. The minimum absolute atomic E-state index is 0.139. The summed E-state index contributed by atoms with van der Waals surface area (Å²) >= 11 is 0. The Morgan fingerprint density at radius 3 is 3.08 bits per heavy atom. The van der Waals surface area contributed by atoms with Crippen molar-refractivity contribution in [2.45, 2.75) is 12.8 Å². The molecule has 0 saturated carbocycles. The zero-order chi connectivity index (χ0) is 9.26. The fraction of sp³-hybridized carbons (Fsp3) is 0.300. The lowest BCUT2D eigenvalue weighted by molar-refractivity contribution is 0.112. The van der Waals surface area contributed by atoms with Crippen LogP contribution in [0.25, 0.3) is 0 Å². The Morgan fingerprint density at radius 2 is 2.31 bits per heavy atom. The summed E-state index contributed by atoms with van der Waals surface area (Å²) in [7, 11) is 0. The summed E-state index contributed by atoms with van der Waals surface area (Å²) in [6, 6.07) is 3.48. The number of nitrogens with one attached hydrogen (secondary N) is 1. The van der Waals surface area contributed by atoms with Crippen LogP contribution in [-0.4, -0.2) is 17.9 Å². The third-order valence-electron chi connectivity index (χ3n) is 2.36. The highest BCUT2D eigenvalue weighted by Crippen LogP contribution is 2.32. The highest BCUT2D eigenvalue weighted by molar-refractivity contribution is 5.82. The fourth-order valence-corrected chi connectivity index (χ4v) is 1.66. The van der Waals surface area contributed by atoms with Crippen LogP contribution in [0.3, 0.4) is 0 Å². The van der Waals surface area contributed by atoms with Gasteiger partial charge in [-0.15, -0.1) is 0 Å². The van der Waals surface area contributed by atoms with Crippen molar-refractivity contribution in [3.05, 3.63) is 23.3 Å². The molecule has 1 heterocycles. The highest BCUT2D eigenvalue weighted by Gasteiger charge is 2.14. The molecule has 0 aromatic heterocycles. The largest absolute Gasteiger partial charge is 0.507 e. The van der Waals surface area contributed by atoms with E-state index < -0.39 is 0 Å². The smallest absolute Gasteiger partial charge is 0.153 e. The molecule has 68 valence electrons. The van der Waals surface area contributed by atoms with Crippen LogP contribution in [0, 0.1) is 0 Å². The number of carbonyl (C=O) groups excluding carboxylic acids is 1. The molecule has 0 unspecified atom stereocenters. The van der Waals surface area contributed by atoms with Crippen LogP contribution in [0.2, 0.25) is 0 Å². The van der Waals surface area contributed by atoms with E-state index in [9.17, 15) is 9.90 Å². The van der Waals surface area contributed by atoms with Gasteiger partial charge in [-0.2, -0.15) is 0 Å². The first-order valence-electron chi connectivity index (χ1n) is 4.37. The number of aldehydes is 1. The van der Waals surface area contributed by atoms with Crippen molar-refractivity contribution >= 4 is 12.0 Å². The molecular formula is C10H11NO2. The molecule has 0 bridgehead atoms. The fourth-order valence-electron chi connectivity index (χ4n) is 1.66. The molecule has 0 saturated heterocycles. The lowest BCUT2D eigenvalue weighted by atomic mass is 10.00. The predicted octanol–water partition coefficient (Wildman–Crippen LogP) is 1.56. The van der Waals surface area contributed by atoms with E-state index in [2.05, 4.69) is 5.32 Å². The van der Waals surface area contributed by atoms with Crippen molar-refractivity contribution in [2.24, 2.45) is 0 Å². The Balaban J connectivity index is 2.54. The van der Waals surface area contributed by atoms with Crippen LogP contribution in [0.5, 0.6) is 5.75 Å². The van der Waals surface area contributed by atoms with E-state index in [0.717, 1.165) is 30.6 Å². The van der Waals surface area contributed by atoms with Gasteiger partial charge in [0.25, 0.3) is 0 Å². The molecular weight excluding hydrogens is 166 g/mol. The summed E-state index contributed by atoms with van der Waals surface area (Å²) in [5.41, 5.74) is 2.20. The van der Waals surface area contributed by atoms with Crippen molar-refractivity contribution in [2.75, 3.05) is 11.9 Å². The summed E-state index contributed by atoms with van der Waals surface area (Å²) in [6.45, 7) is 0.937. The second-order valence-corrected chi connectivity index (χ2v) is 3.18. The first kappa shape index (κ1) is 8.10. The molecule has 1 aliphatic heterocycles. The molecule has 3 nitrogen and oxygen atoms in total. The van der Waals surface area contributed by atoms with Gasteiger partial charge in [-0.1, -0.05) is 0 Å². The molecule has 0 spiro atoms. The number of hydrogen-bond donors (Lipinski definition) is 2. The summed E-state index contributed by atoms with van der Waals surface area (Å²) in [6.07, 6.45) is 2.53. The maximum absolute atomic E-state index is 10.5. The van der Waals surface area contributed by atoms with Gasteiger partial charge in [0, 0.05) is 17.8 Å². The van der Waals surface area contributed by atoms with Crippen molar-refractivity contribution < 1.29 is 9.90 Å². The lowest BCUT2D eigenvalue weighted by Gasteiger charge is -2.19. The van der Waals surface area contributed by atoms with Crippen molar-refractivity contribution in [1.82, 2.24) is 0 Å². The molecule has 0 amide bonds. The van der Waals surface area contributed by atoms with Crippen LogP contribution in [0.4, 0.5) is 5.69 Å². The number of phenols is 1. The van der Waals surface area contributed by atoms with Crippen LogP contribution in [0.1, 0.15) is 22.3 Å². The molecule has 13 heavy (non-hydrogen) atoms. The zero-order valence-corrected chi connectivity index (χ0v) is 7.21. The summed E-state index contributed by atoms with van der Waals surface area (Å²) in [4.78, 5) is 10.5. The van der Waals surface area contributed by atoms with Gasteiger partial charge < -0.3 is 10.4 Å². The lowest BCUT2D eigenvalue weighted by Crippen LogP contribution is -2.12. The molecule has 0 fully saturated rings. The van der Waals surface area contributed by atoms with Gasteiger partial charge in [0.2, 0.25) is 0 Å². The summed E-state index contributed by atoms with van der Waals surface area (Å²) in [5.74, 6) is 0.139. The topological polar surface area (TPSA) is 49.3 Å². The maximum atomic E-state index is 10.5. The van der Waals surface area contributed by atoms with Gasteiger partial charge in [0.15, 0.2) is 6.29 Å². The molecule has 0 atom stereocenters. The molecule has 0 radical (unpaired) electrons. The van der Waals surface area contributed by atoms with E-state index >= 15 is 0 Å². The third kappa shape index (κ3) is 1.26. The number of aromatic hydroxyl groups is 1. The number of rotatable bonds is 1. The Hall–Kier alpha value is -1.51. The number of phenolic OH excluding ortho intramolecular Hbond substituents is 1. The van der Waals surface area contributed by atoms with Crippen molar-refractivity contribution in [3.8, 4) is 5.75 Å². The first-order valence-corrected chi connectivity index (χ1v) is 4.37. The van der Waals surface area contributed by atoms with Crippen LogP contribution in [-0.2, 0) is 6.42 Å². The molecule has 1 aliphatic rings. The summed E-state index contributed by atoms with van der Waals surface area (Å²) < 4.78 is 0. The van der Waals surface area contributed by atoms with E-state index in [0.29, 0.717) is 11.8 Å². The van der Waals surface area contributed by atoms with Crippen molar-refractivity contribution in [1.29, 1.82) is 0 Å². The first-order chi connectivity index (χ1) is 6.33. The van der Waals surface area contributed by atoms with Gasteiger partial charge in [-0.25, -0.2) is 0 Å².